The van der Waals surface area contributed by atoms with Crippen molar-refractivity contribution in [3.63, 3.8) is 0 Å². The number of aliphatic hydroxyl groups is 1. The standard InChI is InChI=1S/C17H20ClNO/c1-2-4-17(14-7-9-15(18)10-8-14)19-16-6-3-5-13(11-16)12-20/h3,5-11,17,19-20H,2,4,12H2,1H3. The maximum absolute atomic E-state index is 9.20. The second-order valence-corrected chi connectivity index (χ2v) is 5.33. The lowest BCUT2D eigenvalue weighted by Crippen LogP contribution is -2.10. The normalized spacial score (nSPS) is 12.2. The average molecular weight is 290 g/mol. The largest absolute Gasteiger partial charge is 0.392 e. The molecule has 0 heterocycles. The van der Waals surface area contributed by atoms with E-state index in [-0.39, 0.29) is 12.6 Å². The van der Waals surface area contributed by atoms with Gasteiger partial charge in [0.1, 0.15) is 0 Å². The summed E-state index contributed by atoms with van der Waals surface area (Å²) in [5.41, 5.74) is 3.18. The monoisotopic (exact) mass is 289 g/mol. The van der Waals surface area contributed by atoms with Gasteiger partial charge >= 0.3 is 0 Å². The van der Waals surface area contributed by atoms with Crippen molar-refractivity contribution < 1.29 is 5.11 Å². The van der Waals surface area contributed by atoms with Crippen LogP contribution in [-0.2, 0) is 6.61 Å². The average Bonchev–Trinajstić information content (AvgIpc) is 2.48. The van der Waals surface area contributed by atoms with Crippen LogP contribution in [0.2, 0.25) is 5.02 Å². The number of hydrogen-bond donors (Lipinski definition) is 2. The Balaban J connectivity index is 2.18. The topological polar surface area (TPSA) is 32.3 Å². The summed E-state index contributed by atoms with van der Waals surface area (Å²) in [6.07, 6.45) is 2.14. The SMILES string of the molecule is CCCC(Nc1cccc(CO)c1)c1ccc(Cl)cc1. The van der Waals surface area contributed by atoms with Crippen molar-refractivity contribution in [3.8, 4) is 0 Å². The van der Waals surface area contributed by atoms with E-state index < -0.39 is 0 Å². The van der Waals surface area contributed by atoms with Gasteiger partial charge in [-0.15, -0.1) is 0 Å². The van der Waals surface area contributed by atoms with Crippen molar-refractivity contribution in [2.75, 3.05) is 5.32 Å². The summed E-state index contributed by atoms with van der Waals surface area (Å²) >= 11 is 5.95. The van der Waals surface area contributed by atoms with E-state index in [4.69, 9.17) is 11.6 Å². The van der Waals surface area contributed by atoms with Crippen molar-refractivity contribution >= 4 is 17.3 Å². The molecule has 106 valence electrons. The van der Waals surface area contributed by atoms with Crippen LogP contribution in [0, 0.1) is 0 Å². The third kappa shape index (κ3) is 3.99. The molecule has 0 saturated heterocycles. The summed E-state index contributed by atoms with van der Waals surface area (Å²) in [6.45, 7) is 2.24. The molecule has 0 aliphatic rings. The lowest BCUT2D eigenvalue weighted by atomic mass is 10.0. The van der Waals surface area contributed by atoms with E-state index in [9.17, 15) is 5.11 Å². The molecule has 0 spiro atoms. The Hall–Kier alpha value is -1.51. The molecule has 2 N–H and O–H groups in total. The lowest BCUT2D eigenvalue weighted by molar-refractivity contribution is 0.282. The number of nitrogens with one attached hydrogen (secondary N) is 1. The molecule has 0 saturated carbocycles. The van der Waals surface area contributed by atoms with Crippen LogP contribution in [0.4, 0.5) is 5.69 Å². The zero-order valence-corrected chi connectivity index (χ0v) is 12.4. The summed E-state index contributed by atoms with van der Waals surface area (Å²) in [7, 11) is 0. The van der Waals surface area contributed by atoms with Crippen LogP contribution in [0.3, 0.4) is 0 Å². The molecule has 0 aliphatic heterocycles. The molecular weight excluding hydrogens is 270 g/mol. The summed E-state index contributed by atoms with van der Waals surface area (Å²) in [5.74, 6) is 0. The van der Waals surface area contributed by atoms with Gasteiger partial charge in [0.15, 0.2) is 0 Å². The van der Waals surface area contributed by atoms with Gasteiger partial charge in [0.05, 0.1) is 12.6 Å². The first kappa shape index (κ1) is 14.9. The minimum atomic E-state index is 0.0644. The third-order valence-corrected chi connectivity index (χ3v) is 3.55. The molecule has 0 aliphatic carbocycles. The molecule has 3 heteroatoms. The summed E-state index contributed by atoms with van der Waals surface area (Å²) in [5, 5.41) is 13.5. The predicted molar refractivity (Wildman–Crippen MR) is 85.1 cm³/mol. The smallest absolute Gasteiger partial charge is 0.0682 e. The highest BCUT2D eigenvalue weighted by Crippen LogP contribution is 2.25. The molecule has 2 aromatic rings. The molecule has 0 radical (unpaired) electrons. The Morgan fingerprint density at radius 2 is 1.90 bits per heavy atom. The van der Waals surface area contributed by atoms with E-state index in [0.29, 0.717) is 0 Å². The molecule has 0 bridgehead atoms. The van der Waals surface area contributed by atoms with Crippen molar-refractivity contribution in [1.82, 2.24) is 0 Å². The van der Waals surface area contributed by atoms with Gasteiger partial charge in [-0.05, 0) is 41.8 Å². The Morgan fingerprint density at radius 1 is 1.15 bits per heavy atom. The zero-order chi connectivity index (χ0) is 14.4. The van der Waals surface area contributed by atoms with Gasteiger partial charge in [0, 0.05) is 10.7 Å². The maximum Gasteiger partial charge on any atom is 0.0682 e. The van der Waals surface area contributed by atoms with Crippen LogP contribution in [0.25, 0.3) is 0 Å². The van der Waals surface area contributed by atoms with Crippen molar-refractivity contribution in [2.45, 2.75) is 32.4 Å². The van der Waals surface area contributed by atoms with E-state index in [1.54, 1.807) is 0 Å². The van der Waals surface area contributed by atoms with Crippen molar-refractivity contribution in [1.29, 1.82) is 0 Å². The van der Waals surface area contributed by atoms with Crippen molar-refractivity contribution in [2.24, 2.45) is 0 Å². The number of anilines is 1. The van der Waals surface area contributed by atoms with E-state index >= 15 is 0 Å². The molecule has 1 unspecified atom stereocenters. The van der Waals surface area contributed by atoms with Gasteiger partial charge in [-0.3, -0.25) is 0 Å². The quantitative estimate of drug-likeness (QED) is 0.802. The molecule has 2 aromatic carbocycles. The first-order chi connectivity index (χ1) is 9.72. The molecule has 2 rings (SSSR count). The van der Waals surface area contributed by atoms with Gasteiger partial charge in [-0.25, -0.2) is 0 Å². The first-order valence-electron chi connectivity index (χ1n) is 6.94. The Morgan fingerprint density at radius 3 is 2.55 bits per heavy atom. The number of rotatable bonds is 6. The fraction of sp³-hybridized carbons (Fsp3) is 0.294. The summed E-state index contributed by atoms with van der Waals surface area (Å²) in [6, 6.07) is 16.1. The molecule has 1 atom stereocenters. The predicted octanol–water partition coefficient (Wildman–Crippen LogP) is 4.79. The summed E-state index contributed by atoms with van der Waals surface area (Å²) < 4.78 is 0. The summed E-state index contributed by atoms with van der Waals surface area (Å²) in [4.78, 5) is 0. The van der Waals surface area contributed by atoms with E-state index in [0.717, 1.165) is 29.1 Å². The van der Waals surface area contributed by atoms with Crippen LogP contribution in [0.5, 0.6) is 0 Å². The fourth-order valence-electron chi connectivity index (χ4n) is 2.27. The minimum Gasteiger partial charge on any atom is -0.392 e. The van der Waals surface area contributed by atoms with Gasteiger partial charge in [0.25, 0.3) is 0 Å². The molecule has 20 heavy (non-hydrogen) atoms. The molecular formula is C17H20ClNO. The van der Waals surface area contributed by atoms with E-state index in [2.05, 4.69) is 24.4 Å². The molecule has 0 fully saturated rings. The second-order valence-electron chi connectivity index (χ2n) is 4.90. The Bertz CT molecular complexity index is 539. The van der Waals surface area contributed by atoms with Gasteiger partial charge in [-0.2, -0.15) is 0 Å². The van der Waals surface area contributed by atoms with Gasteiger partial charge in [-0.1, -0.05) is 49.2 Å². The lowest BCUT2D eigenvalue weighted by Gasteiger charge is -2.20. The third-order valence-electron chi connectivity index (χ3n) is 3.30. The minimum absolute atomic E-state index is 0.0644. The molecule has 2 nitrogen and oxygen atoms in total. The number of aliphatic hydroxyl groups excluding tert-OH is 1. The second kappa shape index (κ2) is 7.32. The maximum atomic E-state index is 9.20. The van der Waals surface area contributed by atoms with Crippen LogP contribution in [-0.4, -0.2) is 5.11 Å². The first-order valence-corrected chi connectivity index (χ1v) is 7.32. The zero-order valence-electron chi connectivity index (χ0n) is 11.6. The van der Waals surface area contributed by atoms with Gasteiger partial charge < -0.3 is 10.4 Å². The highest BCUT2D eigenvalue weighted by molar-refractivity contribution is 6.30. The van der Waals surface area contributed by atoms with Crippen LogP contribution in [0.1, 0.15) is 36.9 Å². The van der Waals surface area contributed by atoms with Crippen LogP contribution < -0.4 is 5.32 Å². The van der Waals surface area contributed by atoms with Crippen molar-refractivity contribution in [3.05, 3.63) is 64.7 Å². The Kier molecular flexibility index (Phi) is 5.45. The van der Waals surface area contributed by atoms with Crippen LogP contribution >= 0.6 is 11.6 Å². The highest BCUT2D eigenvalue weighted by atomic mass is 35.5. The number of benzene rings is 2. The van der Waals surface area contributed by atoms with Gasteiger partial charge in [0.2, 0.25) is 0 Å². The fourth-order valence-corrected chi connectivity index (χ4v) is 2.39. The highest BCUT2D eigenvalue weighted by Gasteiger charge is 2.10. The molecule has 0 aromatic heterocycles. The molecule has 0 amide bonds. The number of hydrogen-bond acceptors (Lipinski definition) is 2. The number of halogens is 1. The van der Waals surface area contributed by atoms with E-state index in [1.165, 1.54) is 5.56 Å². The Labute approximate surface area is 125 Å². The van der Waals surface area contributed by atoms with E-state index in [1.807, 2.05) is 36.4 Å². The van der Waals surface area contributed by atoms with Crippen LogP contribution in [0.15, 0.2) is 48.5 Å².